The molecule has 208 valence electrons. The zero-order chi connectivity index (χ0) is 28.8. The Hall–Kier alpha value is -4.82. The molecule has 0 aromatic carbocycles. The second kappa shape index (κ2) is 15.4. The Bertz CT molecular complexity index is 1270. The van der Waals surface area contributed by atoms with Gasteiger partial charge in [-0.2, -0.15) is 0 Å². The zero-order valence-corrected chi connectivity index (χ0v) is 21.1. The quantitative estimate of drug-likeness (QED) is 0.253. The number of imidazole rings is 1. The summed E-state index contributed by atoms with van der Waals surface area (Å²) in [5.74, 6) is -2.11. The molecule has 0 saturated carbocycles. The van der Waals surface area contributed by atoms with Crippen molar-refractivity contribution in [3.8, 4) is 0 Å². The fourth-order valence-corrected chi connectivity index (χ4v) is 3.37. The van der Waals surface area contributed by atoms with E-state index in [1.165, 1.54) is 0 Å². The van der Waals surface area contributed by atoms with Crippen LogP contribution in [0.4, 0.5) is 0 Å². The molecule has 14 nitrogen and oxygen atoms in total. The molecular formula is C25H29N5O9. The fourth-order valence-electron chi connectivity index (χ4n) is 3.37. The van der Waals surface area contributed by atoms with Crippen LogP contribution in [0.2, 0.25) is 0 Å². The van der Waals surface area contributed by atoms with E-state index in [4.69, 9.17) is 29.8 Å². The molecule has 4 heterocycles. The third-order valence-electron chi connectivity index (χ3n) is 5.00. The summed E-state index contributed by atoms with van der Waals surface area (Å²) < 4.78 is 7.93. The lowest BCUT2D eigenvalue weighted by molar-refractivity contribution is -0.134. The molecule has 1 saturated heterocycles. The Kier molecular flexibility index (Phi) is 12.0. The lowest BCUT2D eigenvalue weighted by Crippen LogP contribution is -2.43. The molecule has 3 aromatic heterocycles. The summed E-state index contributed by atoms with van der Waals surface area (Å²) in [7, 11) is 0. The van der Waals surface area contributed by atoms with Gasteiger partial charge in [0.15, 0.2) is 5.65 Å². The number of rotatable bonds is 8. The van der Waals surface area contributed by atoms with Gasteiger partial charge in [-0.15, -0.1) is 0 Å². The Morgan fingerprint density at radius 1 is 0.897 bits per heavy atom. The van der Waals surface area contributed by atoms with Gasteiger partial charge in [-0.25, -0.2) is 29.1 Å². The highest BCUT2D eigenvalue weighted by atomic mass is 16.4. The van der Waals surface area contributed by atoms with Gasteiger partial charge in [0.1, 0.15) is 22.9 Å². The van der Waals surface area contributed by atoms with Crippen molar-refractivity contribution in [3.63, 3.8) is 0 Å². The van der Waals surface area contributed by atoms with Gasteiger partial charge in [0.25, 0.3) is 0 Å². The summed E-state index contributed by atoms with van der Waals surface area (Å²) in [4.78, 5) is 50.0. The smallest absolute Gasteiger partial charge is 0.328 e. The third-order valence-corrected chi connectivity index (χ3v) is 5.00. The van der Waals surface area contributed by atoms with Crippen molar-refractivity contribution in [1.29, 1.82) is 0 Å². The first-order valence-electron chi connectivity index (χ1n) is 11.6. The van der Waals surface area contributed by atoms with Crippen molar-refractivity contribution in [2.75, 3.05) is 26.2 Å². The van der Waals surface area contributed by atoms with Crippen LogP contribution in [0.1, 0.15) is 17.3 Å². The van der Waals surface area contributed by atoms with E-state index in [2.05, 4.69) is 19.8 Å². The molecule has 0 radical (unpaired) electrons. The number of aromatic nitrogens is 3. The molecule has 3 aromatic rings. The number of carboxylic acids is 4. The second-order valence-electron chi connectivity index (χ2n) is 8.02. The van der Waals surface area contributed by atoms with Gasteiger partial charge in [-0.3, -0.25) is 4.90 Å². The number of nitrogens with zero attached hydrogens (tertiary/aromatic N) is 4. The number of piperazine rings is 1. The maximum Gasteiger partial charge on any atom is 0.328 e. The number of hydrogen-bond acceptors (Lipinski definition) is 9. The largest absolute Gasteiger partial charge is 0.478 e. The van der Waals surface area contributed by atoms with Crippen LogP contribution in [0.5, 0.6) is 0 Å². The van der Waals surface area contributed by atoms with Gasteiger partial charge in [-0.1, -0.05) is 0 Å². The molecule has 0 aliphatic carbocycles. The van der Waals surface area contributed by atoms with Crippen LogP contribution in [-0.4, -0.2) is 89.9 Å². The Morgan fingerprint density at radius 2 is 1.46 bits per heavy atom. The van der Waals surface area contributed by atoms with E-state index in [1.807, 2.05) is 37.4 Å². The number of fused-ring (bicyclic) bond motifs is 1. The van der Waals surface area contributed by atoms with E-state index in [-0.39, 0.29) is 0 Å². The average molecular weight is 544 g/mol. The number of carbonyl (C=O) groups is 4. The molecule has 0 bridgehead atoms. The average Bonchev–Trinajstić information content (AvgIpc) is 3.46. The molecule has 0 amide bonds. The molecule has 0 atom stereocenters. The molecule has 1 aliphatic heterocycles. The van der Waals surface area contributed by atoms with Gasteiger partial charge < -0.3 is 34.7 Å². The predicted molar refractivity (Wildman–Crippen MR) is 137 cm³/mol. The van der Waals surface area contributed by atoms with E-state index in [9.17, 15) is 19.2 Å². The summed E-state index contributed by atoms with van der Waals surface area (Å²) in [5, 5.41) is 34.6. The zero-order valence-electron chi connectivity index (χ0n) is 21.1. The summed E-state index contributed by atoms with van der Waals surface area (Å²) >= 11 is 0. The molecule has 1 fully saturated rings. The van der Waals surface area contributed by atoms with Crippen molar-refractivity contribution in [2.24, 2.45) is 0 Å². The summed E-state index contributed by atoms with van der Waals surface area (Å²) in [6.07, 6.45) is 4.05. The van der Waals surface area contributed by atoms with Gasteiger partial charge in [0.05, 0.1) is 13.1 Å². The molecule has 0 unspecified atom stereocenters. The Morgan fingerprint density at radius 3 is 1.95 bits per heavy atom. The first-order valence-corrected chi connectivity index (χ1v) is 11.6. The van der Waals surface area contributed by atoms with Crippen LogP contribution in [0.25, 0.3) is 11.2 Å². The third kappa shape index (κ3) is 11.4. The standard InChI is InChI=1S/C17H21N5O.2C4H4O4/c1-13-4-5-14(23-13)11-22-16(12-21-9-7-18-8-10-21)20-15-3-2-6-19-17(15)22;2*5-3(6)1-2-4(7)8/h2-6,18H,7-12H2,1H3;2*1-2H,(H,5,6)(H,7,8). The molecule has 4 rings (SSSR count). The van der Waals surface area contributed by atoms with Crippen molar-refractivity contribution in [3.05, 3.63) is 72.1 Å². The van der Waals surface area contributed by atoms with Gasteiger partial charge in [0, 0.05) is 56.7 Å². The van der Waals surface area contributed by atoms with E-state index < -0.39 is 23.9 Å². The van der Waals surface area contributed by atoms with E-state index in [0.29, 0.717) is 30.8 Å². The monoisotopic (exact) mass is 543 g/mol. The first kappa shape index (κ1) is 30.4. The normalized spacial score (nSPS) is 13.5. The maximum absolute atomic E-state index is 9.55. The topological polar surface area (TPSA) is 208 Å². The van der Waals surface area contributed by atoms with Gasteiger partial charge >= 0.3 is 23.9 Å². The highest BCUT2D eigenvalue weighted by Gasteiger charge is 2.17. The number of aryl methyl sites for hydroxylation is 1. The van der Waals surface area contributed by atoms with Crippen LogP contribution >= 0.6 is 0 Å². The van der Waals surface area contributed by atoms with E-state index >= 15 is 0 Å². The SMILES string of the molecule is Cc1ccc(Cn2c(CN3CCNCC3)nc3cccnc32)o1.O=C(O)C=CC(=O)O.O=C(O)C=CC(=O)O. The van der Waals surface area contributed by atoms with Crippen LogP contribution in [0.15, 0.2) is 59.2 Å². The minimum atomic E-state index is -1.26. The summed E-state index contributed by atoms with van der Waals surface area (Å²) in [6.45, 7) is 7.66. The Labute approximate surface area is 222 Å². The van der Waals surface area contributed by atoms with Crippen molar-refractivity contribution in [1.82, 2.24) is 24.8 Å². The van der Waals surface area contributed by atoms with E-state index in [1.54, 1.807) is 0 Å². The fraction of sp³-hybridized carbons (Fsp3) is 0.280. The first-order chi connectivity index (χ1) is 18.5. The number of aliphatic carboxylic acids is 4. The van der Waals surface area contributed by atoms with Crippen molar-refractivity contribution >= 4 is 35.0 Å². The predicted octanol–water partition coefficient (Wildman–Crippen LogP) is 1.21. The number of pyridine rings is 1. The molecular weight excluding hydrogens is 514 g/mol. The van der Waals surface area contributed by atoms with Crippen molar-refractivity contribution < 1.29 is 44.0 Å². The van der Waals surface area contributed by atoms with Gasteiger partial charge in [-0.05, 0) is 31.2 Å². The molecule has 14 heteroatoms. The summed E-state index contributed by atoms with van der Waals surface area (Å²) in [6, 6.07) is 7.98. The van der Waals surface area contributed by atoms with Crippen LogP contribution in [0, 0.1) is 6.92 Å². The van der Waals surface area contributed by atoms with Gasteiger partial charge in [0.2, 0.25) is 0 Å². The number of nitrogens with one attached hydrogen (secondary N) is 1. The van der Waals surface area contributed by atoms with Crippen LogP contribution in [0.3, 0.4) is 0 Å². The minimum Gasteiger partial charge on any atom is -0.478 e. The lowest BCUT2D eigenvalue weighted by Gasteiger charge is -2.26. The molecule has 0 spiro atoms. The molecule has 5 N–H and O–H groups in total. The number of hydrogen-bond donors (Lipinski definition) is 5. The lowest BCUT2D eigenvalue weighted by atomic mass is 10.3. The Balaban J connectivity index is 0.000000277. The highest BCUT2D eigenvalue weighted by molar-refractivity contribution is 5.90. The molecule has 39 heavy (non-hydrogen) atoms. The maximum atomic E-state index is 9.55. The summed E-state index contributed by atoms with van der Waals surface area (Å²) in [5.41, 5.74) is 1.87. The highest BCUT2D eigenvalue weighted by Crippen LogP contribution is 2.18. The van der Waals surface area contributed by atoms with Crippen LogP contribution in [-0.2, 0) is 32.3 Å². The van der Waals surface area contributed by atoms with Crippen LogP contribution < -0.4 is 5.32 Å². The molecule has 1 aliphatic rings. The van der Waals surface area contributed by atoms with Crippen molar-refractivity contribution in [2.45, 2.75) is 20.0 Å². The van der Waals surface area contributed by atoms with E-state index in [0.717, 1.165) is 61.2 Å². The number of furan rings is 1. The minimum absolute atomic E-state index is 0.558. The number of carboxylic acid groups (broad SMARTS) is 4. The second-order valence-corrected chi connectivity index (χ2v) is 8.02.